The topological polar surface area (TPSA) is 116 Å². The lowest BCUT2D eigenvalue weighted by Gasteiger charge is -2.16. The number of nitro groups is 1. The third-order valence-electron chi connectivity index (χ3n) is 2.60. The van der Waals surface area contributed by atoms with Crippen LogP contribution in [0.3, 0.4) is 0 Å². The predicted octanol–water partition coefficient (Wildman–Crippen LogP) is 2.13. The van der Waals surface area contributed by atoms with Crippen molar-refractivity contribution in [2.75, 3.05) is 5.32 Å². The minimum absolute atomic E-state index is 0.0554. The minimum Gasteiger partial charge on any atom is -0.481 e. The fourth-order valence-corrected chi connectivity index (χ4v) is 1.62. The van der Waals surface area contributed by atoms with E-state index >= 15 is 0 Å². The van der Waals surface area contributed by atoms with E-state index in [0.717, 1.165) is 0 Å². The predicted molar refractivity (Wildman–Crippen MR) is 67.8 cm³/mol. The molecule has 0 saturated carbocycles. The molecule has 0 aliphatic rings. The van der Waals surface area contributed by atoms with Gasteiger partial charge in [0.05, 0.1) is 11.3 Å². The third-order valence-corrected chi connectivity index (χ3v) is 2.60. The van der Waals surface area contributed by atoms with Crippen molar-refractivity contribution in [2.24, 2.45) is 0 Å². The fraction of sp³-hybridized carbons (Fsp3) is 0.333. The van der Waals surface area contributed by atoms with Crippen LogP contribution < -0.4 is 5.32 Å². The Balaban J connectivity index is 2.94. The van der Waals surface area contributed by atoms with Gasteiger partial charge in [-0.1, -0.05) is 6.92 Å². The molecule has 19 heavy (non-hydrogen) atoms. The Morgan fingerprint density at radius 2 is 2.32 bits per heavy atom. The van der Waals surface area contributed by atoms with E-state index in [1.165, 1.54) is 18.2 Å². The summed E-state index contributed by atoms with van der Waals surface area (Å²) in [6.45, 7) is 1.83. The maximum absolute atomic E-state index is 10.7. The monoisotopic (exact) mass is 263 g/mol. The third kappa shape index (κ3) is 3.96. The van der Waals surface area contributed by atoms with Crippen molar-refractivity contribution >= 4 is 17.3 Å². The first-order valence-corrected chi connectivity index (χ1v) is 5.64. The average molecular weight is 263 g/mol. The van der Waals surface area contributed by atoms with Gasteiger partial charge in [0.2, 0.25) is 0 Å². The van der Waals surface area contributed by atoms with Crippen LogP contribution in [0.1, 0.15) is 25.3 Å². The molecule has 1 aromatic carbocycles. The van der Waals surface area contributed by atoms with Gasteiger partial charge in [-0.25, -0.2) is 0 Å². The molecular weight excluding hydrogens is 250 g/mol. The van der Waals surface area contributed by atoms with E-state index in [0.29, 0.717) is 12.1 Å². The molecule has 0 amide bonds. The molecule has 0 aliphatic heterocycles. The Bertz CT molecular complexity index is 536. The molecule has 0 aromatic heterocycles. The molecule has 1 atom stereocenters. The summed E-state index contributed by atoms with van der Waals surface area (Å²) in [6, 6.07) is 5.51. The summed E-state index contributed by atoms with van der Waals surface area (Å²) in [5, 5.41) is 31.2. The van der Waals surface area contributed by atoms with Crippen LogP contribution in [0, 0.1) is 21.4 Å². The maximum Gasteiger partial charge on any atom is 0.305 e. The van der Waals surface area contributed by atoms with Crippen molar-refractivity contribution in [1.29, 1.82) is 5.26 Å². The Morgan fingerprint density at radius 3 is 2.79 bits per heavy atom. The number of carboxylic acids is 1. The van der Waals surface area contributed by atoms with Gasteiger partial charge in [0.1, 0.15) is 11.6 Å². The molecule has 2 N–H and O–H groups in total. The fourth-order valence-electron chi connectivity index (χ4n) is 1.62. The molecule has 7 nitrogen and oxygen atoms in total. The quantitative estimate of drug-likeness (QED) is 0.599. The van der Waals surface area contributed by atoms with Crippen molar-refractivity contribution in [1.82, 2.24) is 0 Å². The lowest BCUT2D eigenvalue weighted by molar-refractivity contribution is -0.385. The molecular formula is C12H13N3O4. The van der Waals surface area contributed by atoms with Gasteiger partial charge >= 0.3 is 5.97 Å². The second-order valence-corrected chi connectivity index (χ2v) is 3.95. The Kier molecular flexibility index (Phi) is 4.83. The van der Waals surface area contributed by atoms with E-state index in [1.807, 2.05) is 6.92 Å². The van der Waals surface area contributed by atoms with Crippen LogP contribution in [0.25, 0.3) is 0 Å². The van der Waals surface area contributed by atoms with Crippen LogP contribution in [0.2, 0.25) is 0 Å². The summed E-state index contributed by atoms with van der Waals surface area (Å²) in [5.74, 6) is -0.929. The van der Waals surface area contributed by atoms with Gasteiger partial charge in [0.25, 0.3) is 5.69 Å². The van der Waals surface area contributed by atoms with Crippen LogP contribution in [-0.2, 0) is 4.79 Å². The average Bonchev–Trinajstić information content (AvgIpc) is 2.36. The molecule has 7 heteroatoms. The molecule has 0 heterocycles. The summed E-state index contributed by atoms with van der Waals surface area (Å²) in [4.78, 5) is 20.7. The van der Waals surface area contributed by atoms with E-state index in [9.17, 15) is 14.9 Å². The summed E-state index contributed by atoms with van der Waals surface area (Å²) < 4.78 is 0. The Hall–Kier alpha value is -2.62. The number of aliphatic carboxylic acids is 1. The number of nitrogens with zero attached hydrogens (tertiary/aromatic N) is 2. The molecule has 0 fully saturated rings. The molecule has 1 aromatic rings. The number of anilines is 1. The number of rotatable bonds is 6. The zero-order valence-electron chi connectivity index (χ0n) is 10.3. The summed E-state index contributed by atoms with van der Waals surface area (Å²) in [6.07, 6.45) is 0.528. The highest BCUT2D eigenvalue weighted by molar-refractivity contribution is 5.68. The highest BCUT2D eigenvalue weighted by atomic mass is 16.6. The van der Waals surface area contributed by atoms with E-state index in [4.69, 9.17) is 10.4 Å². The molecule has 0 radical (unpaired) electrons. The Morgan fingerprint density at radius 1 is 1.63 bits per heavy atom. The van der Waals surface area contributed by atoms with Gasteiger partial charge in [0.15, 0.2) is 0 Å². The number of nitriles is 1. The number of nitro benzene ring substituents is 1. The lowest BCUT2D eigenvalue weighted by Crippen LogP contribution is -2.22. The van der Waals surface area contributed by atoms with Crippen molar-refractivity contribution < 1.29 is 14.8 Å². The van der Waals surface area contributed by atoms with Gasteiger partial charge in [-0.2, -0.15) is 5.26 Å². The van der Waals surface area contributed by atoms with E-state index < -0.39 is 10.9 Å². The van der Waals surface area contributed by atoms with Crippen LogP contribution >= 0.6 is 0 Å². The number of nitrogens with one attached hydrogen (secondary N) is 1. The summed E-state index contributed by atoms with van der Waals surface area (Å²) in [7, 11) is 0. The molecule has 100 valence electrons. The van der Waals surface area contributed by atoms with Crippen LogP contribution in [0.5, 0.6) is 0 Å². The second kappa shape index (κ2) is 6.35. The maximum atomic E-state index is 10.7. The number of hydrogen-bond donors (Lipinski definition) is 2. The number of carbonyl (C=O) groups is 1. The van der Waals surface area contributed by atoms with Crippen LogP contribution in [-0.4, -0.2) is 22.0 Å². The highest BCUT2D eigenvalue weighted by Crippen LogP contribution is 2.22. The SMILES string of the molecule is CCC(CC(=O)O)Nc1ccc([N+](=O)[O-])c(C#N)c1. The van der Waals surface area contributed by atoms with Crippen molar-refractivity contribution in [3.05, 3.63) is 33.9 Å². The Labute approximate surface area is 109 Å². The summed E-state index contributed by atoms with van der Waals surface area (Å²) >= 11 is 0. The zero-order valence-corrected chi connectivity index (χ0v) is 10.3. The molecule has 1 unspecified atom stereocenters. The number of hydrogen-bond acceptors (Lipinski definition) is 5. The summed E-state index contributed by atoms with van der Waals surface area (Å²) in [5.41, 5.74) is 0.176. The molecule has 0 spiro atoms. The first-order valence-electron chi connectivity index (χ1n) is 5.64. The van der Waals surface area contributed by atoms with Crippen LogP contribution in [0.15, 0.2) is 18.2 Å². The van der Waals surface area contributed by atoms with E-state index in [2.05, 4.69) is 5.32 Å². The number of benzene rings is 1. The second-order valence-electron chi connectivity index (χ2n) is 3.95. The van der Waals surface area contributed by atoms with Crippen molar-refractivity contribution in [3.8, 4) is 6.07 Å². The molecule has 1 rings (SSSR count). The van der Waals surface area contributed by atoms with Crippen molar-refractivity contribution in [2.45, 2.75) is 25.8 Å². The van der Waals surface area contributed by atoms with Gasteiger partial charge in [-0.05, 0) is 18.6 Å². The number of carboxylic acid groups (broad SMARTS) is 1. The highest BCUT2D eigenvalue weighted by Gasteiger charge is 2.16. The largest absolute Gasteiger partial charge is 0.481 e. The van der Waals surface area contributed by atoms with Gasteiger partial charge in [0, 0.05) is 17.8 Å². The van der Waals surface area contributed by atoms with E-state index in [1.54, 1.807) is 6.07 Å². The first kappa shape index (κ1) is 14.4. The zero-order chi connectivity index (χ0) is 14.4. The van der Waals surface area contributed by atoms with Crippen LogP contribution in [0.4, 0.5) is 11.4 Å². The lowest BCUT2D eigenvalue weighted by atomic mass is 10.1. The normalized spacial score (nSPS) is 11.4. The first-order chi connectivity index (χ1) is 8.97. The molecule has 0 aliphatic carbocycles. The molecule has 0 saturated heterocycles. The van der Waals surface area contributed by atoms with Gasteiger partial charge < -0.3 is 10.4 Å². The van der Waals surface area contributed by atoms with E-state index in [-0.39, 0.29) is 23.7 Å². The van der Waals surface area contributed by atoms with Gasteiger partial charge in [-0.3, -0.25) is 14.9 Å². The van der Waals surface area contributed by atoms with Crippen molar-refractivity contribution in [3.63, 3.8) is 0 Å². The standard InChI is InChI=1S/C12H13N3O4/c1-2-9(6-12(16)17)14-10-3-4-11(15(18)19)8(5-10)7-13/h3-5,9,14H,2,6H2,1H3,(H,16,17). The molecule has 0 bridgehead atoms. The van der Waals surface area contributed by atoms with Gasteiger partial charge in [-0.15, -0.1) is 0 Å². The smallest absolute Gasteiger partial charge is 0.305 e. The minimum atomic E-state index is -0.929.